The van der Waals surface area contributed by atoms with Gasteiger partial charge in [0.15, 0.2) is 0 Å². The summed E-state index contributed by atoms with van der Waals surface area (Å²) in [6.07, 6.45) is 0. The van der Waals surface area contributed by atoms with E-state index in [1.54, 1.807) is 0 Å². The van der Waals surface area contributed by atoms with Gasteiger partial charge in [-0.15, -0.1) is 0 Å². The van der Waals surface area contributed by atoms with Gasteiger partial charge >= 0.3 is 59.1 Å². The molecule has 0 bridgehead atoms. The first-order valence-corrected chi connectivity index (χ1v) is 4.14. The van der Waals surface area contributed by atoms with E-state index in [1.165, 1.54) is 0 Å². The van der Waals surface area contributed by atoms with E-state index in [2.05, 4.69) is 0 Å². The van der Waals surface area contributed by atoms with Crippen LogP contribution in [0.5, 0.6) is 0 Å². The zero-order valence-electron chi connectivity index (χ0n) is 4.39. The van der Waals surface area contributed by atoms with Crippen LogP contribution in [0.2, 0.25) is 0 Å². The summed E-state index contributed by atoms with van der Waals surface area (Å²) >= 11 is -5.94. The van der Waals surface area contributed by atoms with Crippen LogP contribution < -0.4 is 105 Å². The van der Waals surface area contributed by atoms with Gasteiger partial charge < -0.3 is 12.4 Å². The maximum atomic E-state index is 8.62. The Kier molecular flexibility index (Phi) is 27.7. The summed E-state index contributed by atoms with van der Waals surface area (Å²) in [5, 5.41) is 0. The number of rotatable bonds is 0. The summed E-state index contributed by atoms with van der Waals surface area (Å²) in [7, 11) is 0. The van der Waals surface area contributed by atoms with Crippen LogP contribution in [-0.4, -0.2) is 0 Å². The standard InChI is InChI=1S/ClH.IO4.2Na/c;2-1(3,4)5;;/h1H;;;/q;-1;2*+1/p-1. The Bertz CT molecular complexity index is 29.5. The van der Waals surface area contributed by atoms with Gasteiger partial charge in [-0.2, -0.15) is 0 Å². The Morgan fingerprint density at radius 1 is 0.750 bits per heavy atom. The van der Waals surface area contributed by atoms with Crippen LogP contribution in [-0.2, 0) is 0 Å². The van der Waals surface area contributed by atoms with Crippen molar-refractivity contribution < 1.29 is 105 Å². The molecule has 0 rings (SSSR count). The molecule has 0 saturated heterocycles. The molecule has 8 heteroatoms. The van der Waals surface area contributed by atoms with Crippen LogP contribution in [0.3, 0.4) is 0 Å². The van der Waals surface area contributed by atoms with Gasteiger partial charge in [0.05, 0.1) is 0 Å². The predicted molar refractivity (Wildman–Crippen MR) is 0 cm³/mol. The monoisotopic (exact) mass is 272 g/mol. The molecule has 0 amide bonds. The fraction of sp³-hybridized carbons (Fsp3) is 0. The minimum absolute atomic E-state index is 0. The molecule has 0 spiro atoms. The van der Waals surface area contributed by atoms with Crippen LogP contribution in [0.4, 0.5) is 0 Å². The van der Waals surface area contributed by atoms with E-state index in [9.17, 15) is 0 Å². The van der Waals surface area contributed by atoms with Gasteiger partial charge in [-0.25, -0.2) is 0 Å². The van der Waals surface area contributed by atoms with Crippen molar-refractivity contribution in [1.29, 1.82) is 0 Å². The fourth-order valence-corrected chi connectivity index (χ4v) is 0. The van der Waals surface area contributed by atoms with Gasteiger partial charge in [0.1, 0.15) is 20.1 Å². The van der Waals surface area contributed by atoms with Crippen molar-refractivity contribution in [1.82, 2.24) is 0 Å². The SMILES string of the molecule is [Cl-].[Na+].[Na+].[O-][I+3]([O-])([O-])[O-]. The second-order valence-electron chi connectivity index (χ2n) is 0.378. The molecule has 4 nitrogen and oxygen atoms in total. The number of hydrogen-bond donors (Lipinski definition) is 0. The van der Waals surface area contributed by atoms with E-state index in [1.807, 2.05) is 0 Å². The molecule has 0 N–H and O–H groups in total. The third-order valence-corrected chi connectivity index (χ3v) is 0. The van der Waals surface area contributed by atoms with Gasteiger partial charge in [-0.3, -0.25) is 13.7 Å². The molecule has 40 valence electrons. The second-order valence-corrected chi connectivity index (χ2v) is 2.54. The van der Waals surface area contributed by atoms with Crippen LogP contribution in [0, 0.1) is 0 Å². The summed E-state index contributed by atoms with van der Waals surface area (Å²) in [6, 6.07) is 0. The minimum atomic E-state index is -5.94. The topological polar surface area (TPSA) is 92.2 Å². The average Bonchev–Trinajstić information content (AvgIpc) is 0.722. The van der Waals surface area contributed by atoms with E-state index in [0.29, 0.717) is 0 Å². The number of halogens is 2. The summed E-state index contributed by atoms with van der Waals surface area (Å²) in [5.74, 6) is 0. The maximum absolute atomic E-state index is 8.62. The molecule has 0 unspecified atom stereocenters. The molecule has 0 aromatic heterocycles. The van der Waals surface area contributed by atoms with E-state index >= 15 is 0 Å². The molecule has 0 aliphatic rings. The molecule has 0 heterocycles. The summed E-state index contributed by atoms with van der Waals surface area (Å²) in [5.41, 5.74) is 0. The first-order valence-electron chi connectivity index (χ1n) is 0.617. The van der Waals surface area contributed by atoms with Crippen molar-refractivity contribution in [3.8, 4) is 0 Å². The summed E-state index contributed by atoms with van der Waals surface area (Å²) in [6.45, 7) is 0. The molecule has 0 atom stereocenters. The largest absolute Gasteiger partial charge is 1.00 e. The van der Waals surface area contributed by atoms with Crippen LogP contribution in [0.15, 0.2) is 0 Å². The normalized spacial score (nSPS) is 7.50. The first-order chi connectivity index (χ1) is 2.00. The van der Waals surface area contributed by atoms with Gasteiger partial charge in [0.2, 0.25) is 0 Å². The van der Waals surface area contributed by atoms with Gasteiger partial charge in [0.25, 0.3) is 0 Å². The van der Waals surface area contributed by atoms with Gasteiger partial charge in [-0.1, -0.05) is 0 Å². The molecule has 0 aliphatic heterocycles. The maximum Gasteiger partial charge on any atom is 1.00 e. The Balaban J connectivity index is -0.0000000267. The molecule has 0 radical (unpaired) electrons. The Labute approximate surface area is 103 Å². The molecular weight excluding hydrogens is 272 g/mol. The van der Waals surface area contributed by atoms with E-state index in [0.717, 1.165) is 0 Å². The summed E-state index contributed by atoms with van der Waals surface area (Å²) in [4.78, 5) is 0. The average molecular weight is 272 g/mol. The smallest absolute Gasteiger partial charge is 1.00 e. The van der Waals surface area contributed by atoms with E-state index < -0.39 is 20.1 Å². The third-order valence-electron chi connectivity index (χ3n) is 0. The number of hydrogen-bond acceptors (Lipinski definition) is 4. The van der Waals surface area contributed by atoms with Crippen molar-refractivity contribution in [2.75, 3.05) is 0 Å². The Morgan fingerprint density at radius 3 is 0.750 bits per heavy atom. The second kappa shape index (κ2) is 9.86. The molecule has 0 aromatic carbocycles. The fourth-order valence-electron chi connectivity index (χ4n) is 0. The first kappa shape index (κ1) is 22.4. The van der Waals surface area contributed by atoms with E-state index in [-0.39, 0.29) is 71.5 Å². The Morgan fingerprint density at radius 2 is 0.750 bits per heavy atom. The molecule has 0 saturated carbocycles. The van der Waals surface area contributed by atoms with E-state index in [4.69, 9.17) is 13.7 Å². The third kappa shape index (κ3) is 66.9. The van der Waals surface area contributed by atoms with Crippen LogP contribution in [0.1, 0.15) is 0 Å². The quantitative estimate of drug-likeness (QED) is 0.323. The van der Waals surface area contributed by atoms with Crippen molar-refractivity contribution in [3.63, 3.8) is 0 Å². The van der Waals surface area contributed by atoms with Gasteiger partial charge in [0, 0.05) is 0 Å². The molecule has 8 heavy (non-hydrogen) atoms. The van der Waals surface area contributed by atoms with Crippen molar-refractivity contribution in [3.05, 3.63) is 0 Å². The van der Waals surface area contributed by atoms with Gasteiger partial charge in [-0.05, 0) is 0 Å². The van der Waals surface area contributed by atoms with Crippen molar-refractivity contribution in [2.24, 2.45) is 0 Å². The van der Waals surface area contributed by atoms with Crippen molar-refractivity contribution in [2.45, 2.75) is 0 Å². The zero-order valence-corrected chi connectivity index (χ0v) is 11.3. The predicted octanol–water partition coefficient (Wildman–Crippen LogP) is -16.7. The van der Waals surface area contributed by atoms with Crippen LogP contribution in [0.25, 0.3) is 0 Å². The van der Waals surface area contributed by atoms with Crippen LogP contribution >= 0.6 is 0 Å². The molecule has 0 aromatic rings. The van der Waals surface area contributed by atoms with Crippen molar-refractivity contribution >= 4 is 0 Å². The Hall–Kier alpha value is 2.86. The molecular formula is ClINa2O4. The molecule has 0 aliphatic carbocycles. The zero-order chi connectivity index (χ0) is 4.50. The molecule has 0 fully saturated rings. The minimum Gasteiger partial charge on any atom is -1.00 e. The summed E-state index contributed by atoms with van der Waals surface area (Å²) < 4.78 is 34.5.